The van der Waals surface area contributed by atoms with Gasteiger partial charge in [-0.3, -0.25) is 0 Å². The minimum Gasteiger partial charge on any atom is -0.357 e. The molecule has 1 aromatic rings. The first-order valence-corrected chi connectivity index (χ1v) is 5.88. The molecule has 0 atom stereocenters. The molecule has 0 amide bonds. The monoisotopic (exact) mass is 281 g/mol. The second kappa shape index (κ2) is 6.24. The van der Waals surface area contributed by atoms with Crippen molar-refractivity contribution in [1.82, 2.24) is 10.3 Å². The van der Waals surface area contributed by atoms with Gasteiger partial charge in [0.15, 0.2) is 0 Å². The molecule has 0 bridgehead atoms. The molecule has 1 heterocycles. The average Bonchev–Trinajstić information content (AvgIpc) is 2.27. The Kier molecular flexibility index (Phi) is 5.22. The summed E-state index contributed by atoms with van der Waals surface area (Å²) in [4.78, 5) is 5.48. The lowest BCUT2D eigenvalue weighted by molar-refractivity contribution is -0.137. The Morgan fingerprint density at radius 2 is 2.11 bits per heavy atom. The van der Waals surface area contributed by atoms with Crippen LogP contribution in [0, 0.1) is 0 Å². The van der Waals surface area contributed by atoms with Crippen LogP contribution < -0.4 is 10.2 Å². The molecule has 0 aromatic carbocycles. The maximum absolute atomic E-state index is 12.4. The van der Waals surface area contributed by atoms with Gasteiger partial charge in [-0.25, -0.2) is 4.98 Å². The zero-order valence-corrected chi connectivity index (χ0v) is 10.9. The summed E-state index contributed by atoms with van der Waals surface area (Å²) in [5.41, 5.74) is -0.837. The van der Waals surface area contributed by atoms with E-state index in [-0.39, 0.29) is 5.02 Å². The molecule has 0 aliphatic rings. The smallest absolute Gasteiger partial charge is 0.357 e. The predicted octanol–water partition coefficient (Wildman–Crippen LogP) is 2.80. The van der Waals surface area contributed by atoms with E-state index in [1.807, 2.05) is 6.92 Å². The number of pyridine rings is 1. The van der Waals surface area contributed by atoms with Crippen LogP contribution in [-0.2, 0) is 6.18 Å². The van der Waals surface area contributed by atoms with Crippen molar-refractivity contribution in [2.24, 2.45) is 0 Å². The molecule has 0 spiro atoms. The molecular formula is C11H15ClF3N3. The van der Waals surface area contributed by atoms with Crippen molar-refractivity contribution >= 4 is 17.4 Å². The fourth-order valence-corrected chi connectivity index (χ4v) is 1.71. The first-order valence-electron chi connectivity index (χ1n) is 5.51. The van der Waals surface area contributed by atoms with Crippen LogP contribution in [0.5, 0.6) is 0 Å². The first-order chi connectivity index (χ1) is 8.36. The lowest BCUT2D eigenvalue weighted by Crippen LogP contribution is -2.29. The van der Waals surface area contributed by atoms with Gasteiger partial charge in [0.05, 0.1) is 10.6 Å². The largest absolute Gasteiger partial charge is 0.417 e. The average molecular weight is 282 g/mol. The summed E-state index contributed by atoms with van der Waals surface area (Å²) in [6.07, 6.45) is -3.62. The number of likely N-dealkylation sites (N-methyl/N-ethyl adjacent to an activating group) is 2. The molecule has 3 nitrogen and oxygen atoms in total. The van der Waals surface area contributed by atoms with E-state index in [4.69, 9.17) is 11.6 Å². The topological polar surface area (TPSA) is 28.2 Å². The van der Waals surface area contributed by atoms with Crippen LogP contribution in [0.1, 0.15) is 12.5 Å². The number of anilines is 1. The number of hydrogen-bond donors (Lipinski definition) is 1. The van der Waals surface area contributed by atoms with Gasteiger partial charge in [-0.1, -0.05) is 18.5 Å². The predicted molar refractivity (Wildman–Crippen MR) is 66.1 cm³/mol. The Bertz CT molecular complexity index is 396. The van der Waals surface area contributed by atoms with Crippen molar-refractivity contribution in [1.29, 1.82) is 0 Å². The Balaban J connectivity index is 2.79. The summed E-state index contributed by atoms with van der Waals surface area (Å²) in [6, 6.07) is 0.896. The van der Waals surface area contributed by atoms with Gasteiger partial charge in [0, 0.05) is 26.3 Å². The summed E-state index contributed by atoms with van der Waals surface area (Å²) >= 11 is 5.82. The van der Waals surface area contributed by atoms with Crippen LogP contribution in [-0.4, -0.2) is 31.7 Å². The summed E-state index contributed by atoms with van der Waals surface area (Å²) < 4.78 is 37.3. The number of alkyl halides is 3. The number of nitrogens with zero attached hydrogens (tertiary/aromatic N) is 2. The summed E-state index contributed by atoms with van der Waals surface area (Å²) in [6.45, 7) is 4.14. The quantitative estimate of drug-likeness (QED) is 0.841. The maximum Gasteiger partial charge on any atom is 0.417 e. The molecule has 18 heavy (non-hydrogen) atoms. The van der Waals surface area contributed by atoms with E-state index in [1.165, 1.54) is 0 Å². The Labute approximate surface area is 109 Å². The molecule has 0 radical (unpaired) electrons. The molecule has 0 fully saturated rings. The van der Waals surface area contributed by atoms with Gasteiger partial charge in [0.1, 0.15) is 5.82 Å². The van der Waals surface area contributed by atoms with Crippen molar-refractivity contribution in [3.05, 3.63) is 22.8 Å². The Morgan fingerprint density at radius 3 is 2.61 bits per heavy atom. The normalized spacial score (nSPS) is 11.7. The van der Waals surface area contributed by atoms with E-state index in [9.17, 15) is 13.2 Å². The van der Waals surface area contributed by atoms with Crippen molar-refractivity contribution in [3.63, 3.8) is 0 Å². The SMILES string of the molecule is CCNCCN(C)c1ncc(C(F)(F)F)cc1Cl. The standard InChI is InChI=1S/C11H15ClF3N3/c1-3-16-4-5-18(2)10-9(12)6-8(7-17-10)11(13,14)15/h6-7,16H,3-5H2,1-2H3. The minimum absolute atomic E-state index is 0.00354. The van der Waals surface area contributed by atoms with Gasteiger partial charge in [-0.05, 0) is 12.6 Å². The number of hydrogen-bond acceptors (Lipinski definition) is 3. The van der Waals surface area contributed by atoms with Crippen molar-refractivity contribution in [3.8, 4) is 0 Å². The molecule has 1 aromatic heterocycles. The molecule has 102 valence electrons. The van der Waals surface area contributed by atoms with Crippen LogP contribution in [0.3, 0.4) is 0 Å². The minimum atomic E-state index is -4.42. The summed E-state index contributed by atoms with van der Waals surface area (Å²) in [5, 5.41) is 3.12. The lowest BCUT2D eigenvalue weighted by Gasteiger charge is -2.20. The fraction of sp³-hybridized carbons (Fsp3) is 0.545. The number of nitrogens with one attached hydrogen (secondary N) is 1. The highest BCUT2D eigenvalue weighted by molar-refractivity contribution is 6.33. The van der Waals surface area contributed by atoms with Gasteiger partial charge in [-0.2, -0.15) is 13.2 Å². The van der Waals surface area contributed by atoms with Crippen LogP contribution in [0.25, 0.3) is 0 Å². The van der Waals surface area contributed by atoms with Crippen molar-refractivity contribution in [2.45, 2.75) is 13.1 Å². The summed E-state index contributed by atoms with van der Waals surface area (Å²) in [5.74, 6) is 0.350. The number of aromatic nitrogens is 1. The van der Waals surface area contributed by atoms with E-state index >= 15 is 0 Å². The second-order valence-electron chi connectivity index (χ2n) is 3.80. The van der Waals surface area contributed by atoms with Gasteiger partial charge in [0.25, 0.3) is 0 Å². The third kappa shape index (κ3) is 4.03. The molecule has 0 aliphatic carbocycles. The molecule has 0 saturated heterocycles. The van der Waals surface area contributed by atoms with Crippen molar-refractivity contribution < 1.29 is 13.2 Å². The summed E-state index contributed by atoms with van der Waals surface area (Å²) in [7, 11) is 1.73. The molecule has 7 heteroatoms. The fourth-order valence-electron chi connectivity index (χ4n) is 1.40. The zero-order valence-electron chi connectivity index (χ0n) is 10.2. The third-order valence-corrected chi connectivity index (χ3v) is 2.66. The highest BCUT2D eigenvalue weighted by Crippen LogP contribution is 2.33. The lowest BCUT2D eigenvalue weighted by atomic mass is 10.2. The zero-order chi connectivity index (χ0) is 13.8. The highest BCUT2D eigenvalue weighted by Gasteiger charge is 2.31. The van der Waals surface area contributed by atoms with Gasteiger partial charge < -0.3 is 10.2 Å². The Hall–Kier alpha value is -1.01. The molecule has 0 aliphatic heterocycles. The molecule has 0 saturated carbocycles. The van der Waals surface area contributed by atoms with E-state index < -0.39 is 11.7 Å². The van der Waals surface area contributed by atoms with E-state index in [1.54, 1.807) is 11.9 Å². The van der Waals surface area contributed by atoms with Gasteiger partial charge in [-0.15, -0.1) is 0 Å². The number of rotatable bonds is 5. The van der Waals surface area contributed by atoms with Crippen LogP contribution in [0.15, 0.2) is 12.3 Å². The Morgan fingerprint density at radius 1 is 1.44 bits per heavy atom. The second-order valence-corrected chi connectivity index (χ2v) is 4.21. The van der Waals surface area contributed by atoms with Crippen molar-refractivity contribution in [2.75, 3.05) is 31.6 Å². The molecule has 1 rings (SSSR count). The third-order valence-electron chi connectivity index (χ3n) is 2.38. The van der Waals surface area contributed by atoms with Gasteiger partial charge in [0.2, 0.25) is 0 Å². The highest BCUT2D eigenvalue weighted by atomic mass is 35.5. The van der Waals surface area contributed by atoms with E-state index in [2.05, 4.69) is 10.3 Å². The van der Waals surface area contributed by atoms with Crippen LogP contribution in [0.4, 0.5) is 19.0 Å². The van der Waals surface area contributed by atoms with Crippen LogP contribution >= 0.6 is 11.6 Å². The van der Waals surface area contributed by atoms with E-state index in [0.717, 1.165) is 18.8 Å². The van der Waals surface area contributed by atoms with E-state index in [0.29, 0.717) is 18.9 Å². The molecular weight excluding hydrogens is 267 g/mol. The molecule has 0 unspecified atom stereocenters. The molecule has 1 N–H and O–H groups in total. The maximum atomic E-state index is 12.4. The van der Waals surface area contributed by atoms with Gasteiger partial charge >= 0.3 is 6.18 Å². The number of halogens is 4. The van der Waals surface area contributed by atoms with Crippen LogP contribution in [0.2, 0.25) is 5.02 Å². The first kappa shape index (κ1) is 15.0.